The SMILES string of the molecule is [N-]=[N+]=NC1COC(O)(CO)C(O)C1O. The first-order valence-corrected chi connectivity index (χ1v) is 3.92. The van der Waals surface area contributed by atoms with Crippen molar-refractivity contribution in [2.24, 2.45) is 5.11 Å². The van der Waals surface area contributed by atoms with Gasteiger partial charge in [-0.3, -0.25) is 0 Å². The van der Waals surface area contributed by atoms with Gasteiger partial charge in [0.25, 0.3) is 0 Å². The van der Waals surface area contributed by atoms with Gasteiger partial charge in [0.05, 0.1) is 25.4 Å². The zero-order chi connectivity index (χ0) is 10.8. The minimum absolute atomic E-state index is 0.265. The third-order valence-corrected chi connectivity index (χ3v) is 2.11. The van der Waals surface area contributed by atoms with Crippen LogP contribution >= 0.6 is 0 Å². The van der Waals surface area contributed by atoms with E-state index in [9.17, 15) is 15.3 Å². The summed E-state index contributed by atoms with van der Waals surface area (Å²) in [5.74, 6) is -2.19. The van der Waals surface area contributed by atoms with Crippen LogP contribution in [0.3, 0.4) is 0 Å². The second kappa shape index (κ2) is 4.09. The Hall–Kier alpha value is -0.890. The number of azide groups is 1. The molecule has 1 fully saturated rings. The first kappa shape index (κ1) is 11.2. The van der Waals surface area contributed by atoms with Crippen LogP contribution in [-0.4, -0.2) is 57.7 Å². The standard InChI is InChI=1S/C6H11N3O5/c7-9-8-3-1-14-6(13,2-10)5(12)4(3)11/h3-5,10-13H,1-2H2. The number of aliphatic hydroxyl groups is 4. The van der Waals surface area contributed by atoms with Crippen molar-refractivity contribution in [2.45, 2.75) is 24.0 Å². The lowest BCUT2D eigenvalue weighted by Gasteiger charge is -2.40. The highest BCUT2D eigenvalue weighted by Crippen LogP contribution is 2.24. The predicted octanol–water partition coefficient (Wildman–Crippen LogP) is -1.90. The molecule has 14 heavy (non-hydrogen) atoms. The second-order valence-electron chi connectivity index (χ2n) is 3.02. The van der Waals surface area contributed by atoms with Crippen LogP contribution in [0.1, 0.15) is 0 Å². The minimum atomic E-state index is -2.19. The third kappa shape index (κ3) is 1.80. The Morgan fingerprint density at radius 2 is 2.21 bits per heavy atom. The van der Waals surface area contributed by atoms with E-state index in [1.54, 1.807) is 0 Å². The lowest BCUT2D eigenvalue weighted by molar-refractivity contribution is -0.315. The maximum absolute atomic E-state index is 9.39. The van der Waals surface area contributed by atoms with Gasteiger partial charge in [-0.25, -0.2) is 0 Å². The number of nitrogens with zero attached hydrogens (tertiary/aromatic N) is 3. The number of ether oxygens (including phenoxy) is 1. The molecule has 8 nitrogen and oxygen atoms in total. The molecule has 0 amide bonds. The fourth-order valence-corrected chi connectivity index (χ4v) is 1.20. The number of hydrogen-bond donors (Lipinski definition) is 4. The van der Waals surface area contributed by atoms with E-state index in [0.29, 0.717) is 0 Å². The molecule has 1 saturated heterocycles. The van der Waals surface area contributed by atoms with Crippen molar-refractivity contribution in [3.05, 3.63) is 10.4 Å². The van der Waals surface area contributed by atoms with E-state index in [1.165, 1.54) is 0 Å². The molecule has 0 radical (unpaired) electrons. The Morgan fingerprint density at radius 1 is 1.57 bits per heavy atom. The van der Waals surface area contributed by atoms with Crippen LogP contribution < -0.4 is 0 Å². The van der Waals surface area contributed by atoms with Crippen LogP contribution in [0.15, 0.2) is 5.11 Å². The highest BCUT2D eigenvalue weighted by Gasteiger charge is 2.48. The lowest BCUT2D eigenvalue weighted by atomic mass is 9.96. The van der Waals surface area contributed by atoms with E-state index in [4.69, 9.17) is 15.4 Å². The molecule has 4 atom stereocenters. The molecular weight excluding hydrogens is 194 g/mol. The summed E-state index contributed by atoms with van der Waals surface area (Å²) in [6.07, 6.45) is -3.17. The van der Waals surface area contributed by atoms with Gasteiger partial charge in [0, 0.05) is 4.91 Å². The summed E-state index contributed by atoms with van der Waals surface area (Å²) in [5, 5.41) is 40.0. The normalized spacial score (nSPS) is 43.0. The molecule has 0 aromatic rings. The van der Waals surface area contributed by atoms with Crippen LogP contribution in [0, 0.1) is 0 Å². The Morgan fingerprint density at radius 3 is 2.71 bits per heavy atom. The van der Waals surface area contributed by atoms with Gasteiger partial charge in [0.1, 0.15) is 6.10 Å². The van der Waals surface area contributed by atoms with Crippen molar-refractivity contribution in [1.29, 1.82) is 0 Å². The Kier molecular flexibility index (Phi) is 3.27. The van der Waals surface area contributed by atoms with Crippen molar-refractivity contribution < 1.29 is 25.2 Å². The number of hydrogen-bond acceptors (Lipinski definition) is 6. The molecule has 0 aromatic heterocycles. The molecule has 1 aliphatic rings. The number of rotatable bonds is 2. The Balaban J connectivity index is 2.78. The fraction of sp³-hybridized carbons (Fsp3) is 1.00. The summed E-state index contributed by atoms with van der Waals surface area (Å²) in [6, 6.07) is -0.971. The largest absolute Gasteiger partial charge is 0.391 e. The van der Waals surface area contributed by atoms with Gasteiger partial charge in [0.2, 0.25) is 5.79 Å². The van der Waals surface area contributed by atoms with Crippen molar-refractivity contribution in [1.82, 2.24) is 0 Å². The summed E-state index contributed by atoms with van der Waals surface area (Å²) >= 11 is 0. The third-order valence-electron chi connectivity index (χ3n) is 2.11. The highest BCUT2D eigenvalue weighted by molar-refractivity contribution is 4.94. The molecule has 8 heteroatoms. The van der Waals surface area contributed by atoms with E-state index < -0.39 is 30.6 Å². The van der Waals surface area contributed by atoms with E-state index in [-0.39, 0.29) is 6.61 Å². The quantitative estimate of drug-likeness (QED) is 0.237. The molecule has 0 bridgehead atoms. The first-order chi connectivity index (χ1) is 6.55. The van der Waals surface area contributed by atoms with E-state index >= 15 is 0 Å². The zero-order valence-corrected chi connectivity index (χ0v) is 7.19. The van der Waals surface area contributed by atoms with Crippen molar-refractivity contribution in [2.75, 3.05) is 13.2 Å². The molecule has 80 valence electrons. The topological polar surface area (TPSA) is 139 Å². The Labute approximate surface area is 79.0 Å². The molecule has 1 rings (SSSR count). The van der Waals surface area contributed by atoms with E-state index in [0.717, 1.165) is 0 Å². The highest BCUT2D eigenvalue weighted by atomic mass is 16.7. The van der Waals surface area contributed by atoms with Crippen LogP contribution in [0.4, 0.5) is 0 Å². The first-order valence-electron chi connectivity index (χ1n) is 3.92. The van der Waals surface area contributed by atoms with Crippen LogP contribution in [0.25, 0.3) is 10.4 Å². The van der Waals surface area contributed by atoms with Gasteiger partial charge in [-0.1, -0.05) is 5.11 Å². The minimum Gasteiger partial charge on any atom is -0.391 e. The van der Waals surface area contributed by atoms with Gasteiger partial charge in [-0.15, -0.1) is 0 Å². The molecule has 4 unspecified atom stereocenters. The van der Waals surface area contributed by atoms with Gasteiger partial charge in [-0.05, 0) is 5.53 Å². The predicted molar refractivity (Wildman–Crippen MR) is 42.9 cm³/mol. The van der Waals surface area contributed by atoms with E-state index in [2.05, 4.69) is 10.0 Å². The summed E-state index contributed by atoms with van der Waals surface area (Å²) in [7, 11) is 0. The smallest absolute Gasteiger partial charge is 0.218 e. The maximum atomic E-state index is 9.39. The Bertz CT molecular complexity index is 256. The zero-order valence-electron chi connectivity index (χ0n) is 7.19. The average molecular weight is 205 g/mol. The van der Waals surface area contributed by atoms with E-state index in [1.807, 2.05) is 0 Å². The van der Waals surface area contributed by atoms with Crippen molar-refractivity contribution in [3.63, 3.8) is 0 Å². The number of aliphatic hydroxyl groups excluding tert-OH is 3. The van der Waals surface area contributed by atoms with Crippen LogP contribution in [-0.2, 0) is 4.74 Å². The summed E-state index contributed by atoms with van der Waals surface area (Å²) in [6.45, 7) is -1.12. The van der Waals surface area contributed by atoms with Crippen LogP contribution in [0.2, 0.25) is 0 Å². The van der Waals surface area contributed by atoms with Gasteiger partial charge < -0.3 is 25.2 Å². The van der Waals surface area contributed by atoms with Crippen LogP contribution in [0.5, 0.6) is 0 Å². The summed E-state index contributed by atoms with van der Waals surface area (Å²) in [5.41, 5.74) is 8.11. The summed E-state index contributed by atoms with van der Waals surface area (Å²) < 4.78 is 4.69. The fourth-order valence-electron chi connectivity index (χ4n) is 1.20. The molecular formula is C6H11N3O5. The van der Waals surface area contributed by atoms with Gasteiger partial charge >= 0.3 is 0 Å². The maximum Gasteiger partial charge on any atom is 0.218 e. The average Bonchev–Trinajstić information content (AvgIpc) is 2.19. The molecule has 0 aliphatic carbocycles. The molecule has 4 N–H and O–H groups in total. The summed E-state index contributed by atoms with van der Waals surface area (Å²) in [4.78, 5) is 2.45. The molecule has 0 aromatic carbocycles. The molecule has 0 saturated carbocycles. The van der Waals surface area contributed by atoms with Crippen molar-refractivity contribution >= 4 is 0 Å². The lowest BCUT2D eigenvalue weighted by Crippen LogP contribution is -2.62. The van der Waals surface area contributed by atoms with Crippen molar-refractivity contribution in [3.8, 4) is 0 Å². The van der Waals surface area contributed by atoms with Gasteiger partial charge in [0.15, 0.2) is 0 Å². The van der Waals surface area contributed by atoms with Gasteiger partial charge in [-0.2, -0.15) is 0 Å². The molecule has 1 aliphatic heterocycles. The monoisotopic (exact) mass is 205 g/mol. The molecule has 0 spiro atoms. The molecule has 1 heterocycles. The second-order valence-corrected chi connectivity index (χ2v) is 3.02.